The zero-order chi connectivity index (χ0) is 16.2. The molecule has 0 aliphatic carbocycles. The summed E-state index contributed by atoms with van der Waals surface area (Å²) in [6.45, 7) is 0. The van der Waals surface area contributed by atoms with Gasteiger partial charge in [0.2, 0.25) is 0 Å². The summed E-state index contributed by atoms with van der Waals surface area (Å²) in [5.74, 6) is 0.475. The van der Waals surface area contributed by atoms with Crippen molar-refractivity contribution in [2.75, 3.05) is 5.43 Å². The van der Waals surface area contributed by atoms with Crippen LogP contribution < -0.4 is 5.43 Å². The normalized spacial score (nSPS) is 11.0. The van der Waals surface area contributed by atoms with Gasteiger partial charge in [-0.05, 0) is 17.7 Å². The van der Waals surface area contributed by atoms with Crippen LogP contribution in [0.5, 0.6) is 0 Å². The van der Waals surface area contributed by atoms with E-state index in [-0.39, 0.29) is 5.69 Å². The molecule has 0 atom stereocenters. The van der Waals surface area contributed by atoms with Gasteiger partial charge in [-0.25, -0.2) is 0 Å². The van der Waals surface area contributed by atoms with Gasteiger partial charge in [-0.15, -0.1) is 10.2 Å². The Hall–Kier alpha value is -3.06. The monoisotopic (exact) mass is 327 g/mol. The Kier molecular flexibility index (Phi) is 4.11. The Morgan fingerprint density at radius 1 is 1.09 bits per heavy atom. The maximum absolute atomic E-state index is 10.6. The fraction of sp³-hybridized carbons (Fsp3) is 0. The van der Waals surface area contributed by atoms with Crippen LogP contribution in [0.2, 0.25) is 5.15 Å². The fourth-order valence-corrected chi connectivity index (χ4v) is 2.21. The van der Waals surface area contributed by atoms with E-state index in [1.54, 1.807) is 12.1 Å². The number of hydrogen-bond acceptors (Lipinski definition) is 6. The highest BCUT2D eigenvalue weighted by molar-refractivity contribution is 6.34. The van der Waals surface area contributed by atoms with Gasteiger partial charge in [0.15, 0.2) is 11.0 Å². The van der Waals surface area contributed by atoms with Crippen molar-refractivity contribution in [2.24, 2.45) is 5.10 Å². The van der Waals surface area contributed by atoms with Gasteiger partial charge in [-0.2, -0.15) is 5.10 Å². The molecule has 0 unspecified atom stereocenters. The molecule has 0 aliphatic rings. The molecule has 7 nitrogen and oxygen atoms in total. The lowest BCUT2D eigenvalue weighted by atomic mass is 10.2. The van der Waals surface area contributed by atoms with Crippen molar-refractivity contribution < 1.29 is 4.92 Å². The summed E-state index contributed by atoms with van der Waals surface area (Å²) in [5.41, 5.74) is 3.55. The van der Waals surface area contributed by atoms with Gasteiger partial charge in [-0.3, -0.25) is 15.5 Å². The Morgan fingerprint density at radius 3 is 2.48 bits per heavy atom. The first-order chi connectivity index (χ1) is 11.1. The van der Waals surface area contributed by atoms with Gasteiger partial charge in [-0.1, -0.05) is 35.9 Å². The van der Waals surface area contributed by atoms with E-state index < -0.39 is 4.92 Å². The van der Waals surface area contributed by atoms with Crippen LogP contribution in [-0.4, -0.2) is 21.3 Å². The topological polar surface area (TPSA) is 93.3 Å². The molecule has 0 radical (unpaired) electrons. The number of aromatic nitrogens is 2. The molecular weight excluding hydrogens is 318 g/mol. The lowest BCUT2D eigenvalue weighted by Gasteiger charge is -2.04. The number of halogens is 1. The van der Waals surface area contributed by atoms with Gasteiger partial charge in [0.05, 0.1) is 11.1 Å². The van der Waals surface area contributed by atoms with Crippen LogP contribution in [0.1, 0.15) is 5.56 Å². The highest BCUT2D eigenvalue weighted by Gasteiger charge is 2.06. The Balaban J connectivity index is 1.80. The maximum Gasteiger partial charge on any atom is 0.269 e. The third-order valence-corrected chi connectivity index (χ3v) is 3.41. The largest absolute Gasteiger partial charge is 0.269 e. The highest BCUT2D eigenvalue weighted by atomic mass is 35.5. The minimum atomic E-state index is -0.450. The minimum absolute atomic E-state index is 0.0321. The van der Waals surface area contributed by atoms with E-state index in [1.165, 1.54) is 18.3 Å². The van der Waals surface area contributed by atoms with Gasteiger partial charge < -0.3 is 0 Å². The van der Waals surface area contributed by atoms with Crippen molar-refractivity contribution in [3.05, 3.63) is 69.4 Å². The van der Waals surface area contributed by atoms with E-state index in [2.05, 4.69) is 20.7 Å². The van der Waals surface area contributed by atoms with E-state index in [9.17, 15) is 10.1 Å². The number of nitro groups is 1. The first-order valence-electron chi connectivity index (χ1n) is 6.59. The van der Waals surface area contributed by atoms with Crippen LogP contribution in [0.4, 0.5) is 11.5 Å². The number of nitrogens with one attached hydrogen (secondary N) is 1. The number of nitro benzene ring substituents is 1. The quantitative estimate of drug-likeness (QED) is 0.448. The molecule has 0 saturated carbocycles. The number of hydrazone groups is 1. The average molecular weight is 328 g/mol. The molecule has 0 fully saturated rings. The minimum Gasteiger partial charge on any atom is -0.259 e. The third-order valence-electron chi connectivity index (χ3n) is 3.13. The second-order valence-electron chi connectivity index (χ2n) is 4.60. The van der Waals surface area contributed by atoms with Crippen LogP contribution in [0, 0.1) is 10.1 Å². The maximum atomic E-state index is 10.6. The summed E-state index contributed by atoms with van der Waals surface area (Å²) in [6, 6.07) is 13.5. The summed E-state index contributed by atoms with van der Waals surface area (Å²) in [7, 11) is 0. The second kappa shape index (κ2) is 6.37. The smallest absolute Gasteiger partial charge is 0.259 e. The van der Waals surface area contributed by atoms with Crippen molar-refractivity contribution in [2.45, 2.75) is 0 Å². The zero-order valence-corrected chi connectivity index (χ0v) is 12.4. The molecule has 114 valence electrons. The predicted molar refractivity (Wildman–Crippen MR) is 88.9 cm³/mol. The molecule has 0 saturated heterocycles. The predicted octanol–water partition coefficient (Wildman–Crippen LogP) is 3.64. The molecule has 23 heavy (non-hydrogen) atoms. The number of anilines is 1. The third kappa shape index (κ3) is 3.24. The molecule has 0 amide bonds. The van der Waals surface area contributed by atoms with Gasteiger partial charge >= 0.3 is 0 Å². The van der Waals surface area contributed by atoms with Crippen molar-refractivity contribution in [1.29, 1.82) is 0 Å². The lowest BCUT2D eigenvalue weighted by molar-refractivity contribution is -0.384. The zero-order valence-electron chi connectivity index (χ0n) is 11.7. The van der Waals surface area contributed by atoms with Crippen LogP contribution in [0.25, 0.3) is 10.8 Å². The molecule has 2 aromatic carbocycles. The molecular formula is C15H10ClN5O2. The van der Waals surface area contributed by atoms with Crippen LogP contribution in [0.15, 0.2) is 53.6 Å². The number of non-ortho nitro benzene ring substituents is 1. The lowest BCUT2D eigenvalue weighted by Crippen LogP contribution is -1.97. The van der Waals surface area contributed by atoms with Crippen LogP contribution in [-0.2, 0) is 0 Å². The Morgan fingerprint density at radius 2 is 1.78 bits per heavy atom. The van der Waals surface area contributed by atoms with Crippen molar-refractivity contribution in [3.63, 3.8) is 0 Å². The molecule has 0 aliphatic heterocycles. The van der Waals surface area contributed by atoms with E-state index in [4.69, 9.17) is 11.6 Å². The van der Waals surface area contributed by atoms with Crippen molar-refractivity contribution in [3.8, 4) is 0 Å². The summed E-state index contributed by atoms with van der Waals surface area (Å²) < 4.78 is 0. The SMILES string of the molecule is O=[N+]([O-])c1ccc(/C=N/Nc2nnc(Cl)c3ccccc23)cc1. The van der Waals surface area contributed by atoms with Crippen LogP contribution >= 0.6 is 11.6 Å². The number of nitrogens with zero attached hydrogens (tertiary/aromatic N) is 4. The standard InChI is InChI=1S/C15H10ClN5O2/c16-14-12-3-1-2-4-13(12)15(20-18-14)19-17-9-10-5-7-11(8-6-10)21(22)23/h1-9H,(H,19,20)/b17-9+. The molecule has 0 spiro atoms. The van der Waals surface area contributed by atoms with E-state index in [1.807, 2.05) is 24.3 Å². The molecule has 1 aromatic heterocycles. The fourth-order valence-electron chi connectivity index (χ4n) is 2.00. The Labute approximate surface area is 135 Å². The molecule has 3 aromatic rings. The van der Waals surface area contributed by atoms with Gasteiger partial charge in [0.25, 0.3) is 5.69 Å². The molecule has 0 bridgehead atoms. The highest BCUT2D eigenvalue weighted by Crippen LogP contribution is 2.25. The Bertz CT molecular complexity index is 896. The summed E-state index contributed by atoms with van der Waals surface area (Å²) >= 11 is 6.00. The van der Waals surface area contributed by atoms with E-state index in [0.29, 0.717) is 16.5 Å². The number of hydrogen-bond donors (Lipinski definition) is 1. The van der Waals surface area contributed by atoms with Crippen molar-refractivity contribution >= 4 is 40.1 Å². The molecule has 8 heteroatoms. The number of benzene rings is 2. The summed E-state index contributed by atoms with van der Waals surface area (Å²) in [5, 5.41) is 24.4. The van der Waals surface area contributed by atoms with E-state index >= 15 is 0 Å². The molecule has 1 heterocycles. The van der Waals surface area contributed by atoms with Crippen LogP contribution in [0.3, 0.4) is 0 Å². The number of fused-ring (bicyclic) bond motifs is 1. The molecule has 1 N–H and O–H groups in total. The first kappa shape index (κ1) is 14.9. The number of rotatable bonds is 4. The van der Waals surface area contributed by atoms with Gasteiger partial charge in [0, 0.05) is 22.9 Å². The second-order valence-corrected chi connectivity index (χ2v) is 4.96. The van der Waals surface area contributed by atoms with Gasteiger partial charge in [0.1, 0.15) is 0 Å². The first-order valence-corrected chi connectivity index (χ1v) is 6.97. The summed E-state index contributed by atoms with van der Waals surface area (Å²) in [4.78, 5) is 10.1. The summed E-state index contributed by atoms with van der Waals surface area (Å²) in [6.07, 6.45) is 1.54. The van der Waals surface area contributed by atoms with Crippen molar-refractivity contribution in [1.82, 2.24) is 10.2 Å². The van der Waals surface area contributed by atoms with E-state index in [0.717, 1.165) is 10.8 Å². The molecule has 3 rings (SSSR count). The average Bonchev–Trinajstić information content (AvgIpc) is 2.58.